The lowest BCUT2D eigenvalue weighted by Gasteiger charge is -2.21. The second kappa shape index (κ2) is 25.7. The number of halogens is 1. The summed E-state index contributed by atoms with van der Waals surface area (Å²) in [5.74, 6) is -2.54. The first-order valence-corrected chi connectivity index (χ1v) is 45.3. The molecule has 9 aromatic carbocycles. The van der Waals surface area contributed by atoms with Crippen LogP contribution in [0.5, 0.6) is 0 Å². The zero-order valence-corrected chi connectivity index (χ0v) is 65.4. The Labute approximate surface area is 608 Å². The van der Waals surface area contributed by atoms with Crippen molar-refractivity contribution in [2.24, 2.45) is 21.1 Å². The van der Waals surface area contributed by atoms with Gasteiger partial charge in [-0.25, -0.2) is 4.39 Å². The van der Waals surface area contributed by atoms with Crippen LogP contribution in [-0.4, -0.2) is 24.2 Å². The molecule has 0 unspecified atom stereocenters. The second-order valence-corrected chi connectivity index (χ2v) is 46.5. The van der Waals surface area contributed by atoms with Crippen LogP contribution < -0.4 is 29.3 Å². The average Bonchev–Trinajstić information content (AvgIpc) is 1.35. The number of hydrogen-bond donors (Lipinski definition) is 0. The number of aryl methyl sites for hydroxylation is 6. The summed E-state index contributed by atoms with van der Waals surface area (Å²) < 4.78 is 125. The molecule has 15 aromatic rings. The Morgan fingerprint density at radius 1 is 0.370 bits per heavy atom. The predicted molar refractivity (Wildman–Crippen MR) is 433 cm³/mol. The molecule has 0 N–H and O–H groups in total. The normalized spacial score (nSPS) is 14.6. The number of nitrogens with zero attached hydrogens (tertiary/aromatic N) is 3. The van der Waals surface area contributed by atoms with Gasteiger partial charge in [-0.05, 0) is 185 Å². The van der Waals surface area contributed by atoms with Crippen LogP contribution >= 0.6 is 0 Å². The van der Waals surface area contributed by atoms with E-state index in [4.69, 9.17) is 25.6 Å². The van der Waals surface area contributed by atoms with E-state index in [1.165, 1.54) is 28.1 Å². The van der Waals surface area contributed by atoms with Crippen LogP contribution in [0.25, 0.3) is 132 Å². The van der Waals surface area contributed by atoms with Gasteiger partial charge in [0.25, 0.3) is 0 Å². The fourth-order valence-corrected chi connectivity index (χ4v) is 19.4. The molecular formula is C90H101FN3O3Si3+3. The first-order chi connectivity index (χ1) is 50.9. The molecule has 0 atom stereocenters. The summed E-state index contributed by atoms with van der Waals surface area (Å²) in [5.41, 5.74) is 19.7. The summed E-state index contributed by atoms with van der Waals surface area (Å²) in [7, 11) is 0.383. The van der Waals surface area contributed by atoms with Gasteiger partial charge in [-0.3, -0.25) is 0 Å². The van der Waals surface area contributed by atoms with Crippen molar-refractivity contribution in [2.75, 3.05) is 0 Å². The van der Waals surface area contributed by atoms with Crippen LogP contribution in [0.1, 0.15) is 123 Å². The van der Waals surface area contributed by atoms with E-state index < -0.39 is 61.4 Å². The molecule has 510 valence electrons. The lowest BCUT2D eigenvalue weighted by atomic mass is 9.95. The smallest absolute Gasteiger partial charge is 0.216 e. The molecule has 0 spiro atoms. The summed E-state index contributed by atoms with van der Waals surface area (Å²) in [6, 6.07) is 49.9. The predicted octanol–water partition coefficient (Wildman–Crippen LogP) is 22.7. The maximum absolute atomic E-state index is 14.1. The van der Waals surface area contributed by atoms with Gasteiger partial charge < -0.3 is 13.3 Å². The highest BCUT2D eigenvalue weighted by atomic mass is 28.3. The average molecular weight is 1390 g/mol. The monoisotopic (exact) mass is 1380 g/mol. The molecular weight excluding hydrogens is 1270 g/mol. The molecule has 100 heavy (non-hydrogen) atoms. The number of furan rings is 3. The van der Waals surface area contributed by atoms with Crippen molar-refractivity contribution in [1.29, 1.82) is 0 Å². The first-order valence-electron chi connectivity index (χ1n) is 39.8. The highest BCUT2D eigenvalue weighted by molar-refractivity contribution is 6.91. The number of pyridine rings is 3. The summed E-state index contributed by atoms with van der Waals surface area (Å²) in [5, 5.41) is 12.3. The van der Waals surface area contributed by atoms with Gasteiger partial charge in [0.1, 0.15) is 60.5 Å². The van der Waals surface area contributed by atoms with Gasteiger partial charge in [0.2, 0.25) is 33.6 Å². The molecule has 0 saturated carbocycles. The molecule has 0 aliphatic rings. The van der Waals surface area contributed by atoms with Crippen molar-refractivity contribution >= 4 is 138 Å². The van der Waals surface area contributed by atoms with Crippen LogP contribution in [0.3, 0.4) is 0 Å². The van der Waals surface area contributed by atoms with Gasteiger partial charge in [-0.15, -0.1) is 0 Å². The number of benzene rings is 9. The molecule has 0 aliphatic carbocycles. The van der Waals surface area contributed by atoms with Crippen LogP contribution in [0.15, 0.2) is 171 Å². The minimum absolute atomic E-state index is 0.257. The largest absolute Gasteiger partial charge is 0.455 e. The number of para-hydroxylation sites is 2. The first kappa shape index (κ1) is 57.9. The second-order valence-electron chi connectivity index (χ2n) is 31.5. The Morgan fingerprint density at radius 3 is 1.10 bits per heavy atom. The van der Waals surface area contributed by atoms with Crippen molar-refractivity contribution in [1.82, 2.24) is 0 Å². The van der Waals surface area contributed by atoms with E-state index in [0.717, 1.165) is 127 Å². The van der Waals surface area contributed by atoms with E-state index in [-0.39, 0.29) is 5.56 Å². The van der Waals surface area contributed by atoms with E-state index in [1.807, 2.05) is 124 Å². The van der Waals surface area contributed by atoms with Crippen LogP contribution in [0, 0.1) is 47.2 Å². The Hall–Kier alpha value is -8.81. The van der Waals surface area contributed by atoms with E-state index >= 15 is 0 Å². The molecule has 15 rings (SSSR count). The molecule has 0 saturated heterocycles. The Kier molecular flexibility index (Phi) is 14.9. The SMILES string of the molecule is [2H]C([2H])([2H])c1cc2c(oc3cc(F)ccc32)c(-c2cc([Si](C)(C)C)c3cc(C([2H])(C)C)ccc3[n+]2C)c1C.[2H]C([2H])([2H])c1cc2c(oc3ccccc32)c(-c2cc([Si](C)(C)C)c3cc(C([2H])(C)C)ccc3[n+]2C)c1C.[2H]c1c([Si](C)(C)C)c2cc(C([2H])(C)C)ccc2[n+](C)c1-c1c(C)c(C)cc2c1oc1ccccc12. The molecule has 0 fully saturated rings. The molecule has 10 heteroatoms. The maximum atomic E-state index is 14.1. The topological polar surface area (TPSA) is 51.1 Å². The lowest BCUT2D eigenvalue weighted by Crippen LogP contribution is -2.43. The summed E-state index contributed by atoms with van der Waals surface area (Å²) in [4.78, 5) is 0. The molecule has 6 aromatic heterocycles. The maximum Gasteiger partial charge on any atom is 0.216 e. The number of aromatic nitrogens is 3. The minimum atomic E-state index is -2.33. The fourth-order valence-electron chi connectivity index (χ4n) is 14.8. The molecule has 6 nitrogen and oxygen atoms in total. The van der Waals surface area contributed by atoms with Crippen LogP contribution in [0.4, 0.5) is 4.39 Å². The zero-order chi connectivity index (χ0) is 80.5. The third-order valence-corrected chi connectivity index (χ3v) is 26.7. The van der Waals surface area contributed by atoms with E-state index in [9.17, 15) is 5.76 Å². The van der Waals surface area contributed by atoms with Crippen molar-refractivity contribution in [2.45, 2.75) is 160 Å². The van der Waals surface area contributed by atoms with Gasteiger partial charge in [0, 0.05) is 103 Å². The van der Waals surface area contributed by atoms with Crippen LogP contribution in [-0.2, 0) is 21.1 Å². The lowest BCUT2D eigenvalue weighted by molar-refractivity contribution is -0.633. The van der Waals surface area contributed by atoms with E-state index in [1.54, 1.807) is 18.2 Å². The molecule has 0 amide bonds. The summed E-state index contributed by atoms with van der Waals surface area (Å²) >= 11 is 0. The third kappa shape index (κ3) is 12.1. The van der Waals surface area contributed by atoms with Gasteiger partial charge >= 0.3 is 0 Å². The van der Waals surface area contributed by atoms with E-state index in [2.05, 4.69) is 160 Å². The van der Waals surface area contributed by atoms with Crippen molar-refractivity contribution in [3.8, 4) is 33.8 Å². The Bertz CT molecular complexity index is 6330. The molecule has 0 radical (unpaired) electrons. The Balaban J connectivity index is 0.000000145. The highest BCUT2D eigenvalue weighted by Crippen LogP contribution is 2.43. The van der Waals surface area contributed by atoms with Gasteiger partial charge in [-0.1, -0.05) is 155 Å². The molecule has 0 aliphatic heterocycles. The van der Waals surface area contributed by atoms with Crippen molar-refractivity contribution in [3.05, 3.63) is 214 Å². The Morgan fingerprint density at radius 2 is 0.710 bits per heavy atom. The highest BCUT2D eigenvalue weighted by Gasteiger charge is 2.34. The summed E-state index contributed by atoms with van der Waals surface area (Å²) in [6.07, 6.45) is 0. The summed E-state index contributed by atoms with van der Waals surface area (Å²) in [6.45, 7) is 35.6. The van der Waals surface area contributed by atoms with Crippen molar-refractivity contribution in [3.63, 3.8) is 0 Å². The van der Waals surface area contributed by atoms with Crippen LogP contribution in [0.2, 0.25) is 58.9 Å². The third-order valence-electron chi connectivity index (χ3n) is 20.7. The number of rotatable bonds is 9. The molecule has 6 heterocycles. The van der Waals surface area contributed by atoms with Gasteiger partial charge in [0.15, 0.2) is 0 Å². The quantitative estimate of drug-likeness (QED) is 0.107. The number of hydrogen-bond acceptors (Lipinski definition) is 3. The zero-order valence-electron chi connectivity index (χ0n) is 72.4. The van der Waals surface area contributed by atoms with Crippen molar-refractivity contribution < 1.29 is 45.1 Å². The van der Waals surface area contributed by atoms with E-state index in [0.29, 0.717) is 55.8 Å². The van der Waals surface area contributed by atoms with Gasteiger partial charge in [0.05, 0.1) is 42.3 Å². The van der Waals surface area contributed by atoms with Gasteiger partial charge in [-0.2, -0.15) is 13.7 Å². The fraction of sp³-hybridized carbons (Fsp3) is 0.300. The minimum Gasteiger partial charge on any atom is -0.455 e. The number of fused-ring (bicyclic) bond motifs is 12. The standard InChI is InChI=1S/C30H33FNOSi.2C30H34NOSi/c1-17(2)20-9-12-25-24(14-20)28(34(6,7)8)16-26(32(25)5)29-19(4)18(3)13-23-22-11-10-21(31)15-27(22)33-30(23)29;2*1-18(2)21-13-14-25-24(16-21)28(33(6,7)8)17-26(31(25)5)29-20(4)19(3)15-23-22-11-9-10-12-27(22)32-30(23)29/h9-17H,1-8H3;2*9-18H,1-8H3/q3*+1/i3D3,17D;17D,18D;3D3,18D. The molecule has 0 bridgehead atoms.